The third-order valence-corrected chi connectivity index (χ3v) is 6.44. The Hall–Kier alpha value is -1.14. The summed E-state index contributed by atoms with van der Waals surface area (Å²) in [5.74, 6) is 1.18. The van der Waals surface area contributed by atoms with Crippen molar-refractivity contribution in [2.45, 2.75) is 18.4 Å². The molecule has 1 fully saturated rings. The Labute approximate surface area is 133 Å². The molecule has 1 aliphatic rings. The quantitative estimate of drug-likeness (QED) is 0.871. The first-order valence-electron chi connectivity index (χ1n) is 6.75. The van der Waals surface area contributed by atoms with Crippen LogP contribution in [0.4, 0.5) is 0 Å². The number of carbonyl (C=O) groups is 2. The van der Waals surface area contributed by atoms with E-state index in [1.165, 1.54) is 17.1 Å². The van der Waals surface area contributed by atoms with E-state index in [0.29, 0.717) is 10.1 Å². The number of rotatable bonds is 5. The Morgan fingerprint density at radius 1 is 1.24 bits per heavy atom. The zero-order valence-corrected chi connectivity index (χ0v) is 13.7. The lowest BCUT2D eigenvalue weighted by molar-refractivity contribution is -0.146. The number of nitrogens with one attached hydrogen (secondary N) is 1. The number of carbonyl (C=O) groups excluding carboxylic acids is 1. The molecule has 4 nitrogen and oxygen atoms in total. The van der Waals surface area contributed by atoms with Crippen LogP contribution in [0.2, 0.25) is 0 Å². The first kappa shape index (κ1) is 16.2. The van der Waals surface area contributed by atoms with Crippen LogP contribution in [0.5, 0.6) is 0 Å². The van der Waals surface area contributed by atoms with Gasteiger partial charge in [0.25, 0.3) is 5.91 Å². The average Bonchev–Trinajstić information content (AvgIpc) is 2.99. The number of amides is 1. The third kappa shape index (κ3) is 4.17. The Kier molecular flexibility index (Phi) is 5.22. The van der Waals surface area contributed by atoms with Gasteiger partial charge in [0, 0.05) is 23.6 Å². The molecule has 2 N–H and O–H groups in total. The second-order valence-corrected chi connectivity index (χ2v) is 8.29. The molecule has 1 aliphatic heterocycles. The summed E-state index contributed by atoms with van der Waals surface area (Å²) in [6, 6.07) is 7.57. The monoisotopic (exact) mass is 325 g/mol. The highest BCUT2D eigenvalue weighted by atomic mass is 32.2. The molecule has 0 unspecified atom stereocenters. The number of carboxylic acids is 1. The van der Waals surface area contributed by atoms with Crippen LogP contribution in [0.25, 0.3) is 0 Å². The molecule has 1 aromatic carbocycles. The van der Waals surface area contributed by atoms with E-state index in [4.69, 9.17) is 5.11 Å². The molecule has 0 spiro atoms. The number of carboxylic acid groups (broad SMARTS) is 1. The minimum atomic E-state index is -0.966. The first-order valence-corrected chi connectivity index (χ1v) is 8.85. The summed E-state index contributed by atoms with van der Waals surface area (Å²) >= 11 is 3.85. The van der Waals surface area contributed by atoms with Crippen LogP contribution >= 0.6 is 23.5 Å². The van der Waals surface area contributed by atoms with Gasteiger partial charge in [0.2, 0.25) is 0 Å². The second kappa shape index (κ2) is 6.75. The normalized spacial score (nSPS) is 15.9. The zero-order valence-electron chi connectivity index (χ0n) is 12.1. The maximum Gasteiger partial charge on any atom is 0.310 e. The summed E-state index contributed by atoms with van der Waals surface area (Å²) < 4.78 is 0.466. The van der Waals surface area contributed by atoms with Gasteiger partial charge in [-0.15, -0.1) is 23.5 Å². The fourth-order valence-corrected chi connectivity index (χ4v) is 4.68. The molecular formula is C15H19NO3S2. The predicted octanol–water partition coefficient (Wildman–Crippen LogP) is 3.01. The molecule has 0 aromatic heterocycles. The van der Waals surface area contributed by atoms with Gasteiger partial charge in [0.1, 0.15) is 0 Å². The summed E-state index contributed by atoms with van der Waals surface area (Å²) in [5.41, 5.74) is 0.824. The largest absolute Gasteiger partial charge is 0.481 e. The zero-order chi connectivity index (χ0) is 15.5. The van der Waals surface area contributed by atoms with Crippen LogP contribution in [0, 0.1) is 5.41 Å². The van der Waals surface area contributed by atoms with Crippen LogP contribution in [-0.4, -0.2) is 35.0 Å². The minimum absolute atomic E-state index is 0.108. The van der Waals surface area contributed by atoms with Gasteiger partial charge in [-0.3, -0.25) is 9.59 Å². The van der Waals surface area contributed by atoms with Crippen molar-refractivity contribution in [3.8, 4) is 0 Å². The Morgan fingerprint density at radius 3 is 2.33 bits per heavy atom. The summed E-state index contributed by atoms with van der Waals surface area (Å²) in [5, 5.41) is 11.7. The third-order valence-electron chi connectivity index (χ3n) is 3.34. The lowest BCUT2D eigenvalue weighted by Gasteiger charge is -2.19. The van der Waals surface area contributed by atoms with Crippen molar-refractivity contribution < 1.29 is 14.7 Å². The number of thioether (sulfide) groups is 2. The van der Waals surface area contributed by atoms with E-state index >= 15 is 0 Å². The van der Waals surface area contributed by atoms with Gasteiger partial charge in [0.15, 0.2) is 0 Å². The SMILES string of the molecule is CC(C)(CNC(=O)c1ccc(C2SCCS2)cc1)C(=O)O. The van der Waals surface area contributed by atoms with Gasteiger partial charge in [0.05, 0.1) is 10.00 Å². The summed E-state index contributed by atoms with van der Waals surface area (Å²) in [4.78, 5) is 23.0. The molecular weight excluding hydrogens is 306 g/mol. The van der Waals surface area contributed by atoms with Gasteiger partial charge in [-0.25, -0.2) is 0 Å². The van der Waals surface area contributed by atoms with Gasteiger partial charge >= 0.3 is 5.97 Å². The molecule has 1 aromatic rings. The smallest absolute Gasteiger partial charge is 0.310 e. The lowest BCUT2D eigenvalue weighted by Crippen LogP contribution is -2.38. The molecule has 0 aliphatic carbocycles. The van der Waals surface area contributed by atoms with Gasteiger partial charge in [-0.05, 0) is 31.5 Å². The summed E-state index contributed by atoms with van der Waals surface area (Å²) in [7, 11) is 0. The predicted molar refractivity (Wildman–Crippen MR) is 87.8 cm³/mol. The highest BCUT2D eigenvalue weighted by molar-refractivity contribution is 8.19. The highest BCUT2D eigenvalue weighted by Crippen LogP contribution is 2.45. The van der Waals surface area contributed by atoms with Crippen molar-refractivity contribution in [2.24, 2.45) is 5.41 Å². The maximum atomic E-state index is 12.0. The number of benzene rings is 1. The van der Waals surface area contributed by atoms with Crippen molar-refractivity contribution in [3.63, 3.8) is 0 Å². The Morgan fingerprint density at radius 2 is 1.81 bits per heavy atom. The molecule has 6 heteroatoms. The molecule has 1 heterocycles. The van der Waals surface area contributed by atoms with Crippen LogP contribution in [-0.2, 0) is 4.79 Å². The van der Waals surface area contributed by atoms with E-state index in [0.717, 1.165) is 0 Å². The van der Waals surface area contributed by atoms with Crippen LogP contribution < -0.4 is 5.32 Å². The molecule has 0 atom stereocenters. The van der Waals surface area contributed by atoms with Crippen molar-refractivity contribution in [1.82, 2.24) is 5.32 Å². The molecule has 1 saturated heterocycles. The van der Waals surface area contributed by atoms with Gasteiger partial charge in [-0.1, -0.05) is 12.1 Å². The van der Waals surface area contributed by atoms with Crippen molar-refractivity contribution in [1.29, 1.82) is 0 Å². The van der Waals surface area contributed by atoms with Crippen LogP contribution in [0.1, 0.15) is 34.4 Å². The van der Waals surface area contributed by atoms with E-state index in [1.807, 2.05) is 35.7 Å². The molecule has 114 valence electrons. The van der Waals surface area contributed by atoms with Crippen molar-refractivity contribution in [2.75, 3.05) is 18.1 Å². The Bertz CT molecular complexity index is 522. The number of hydrogen-bond donors (Lipinski definition) is 2. The molecule has 21 heavy (non-hydrogen) atoms. The van der Waals surface area contributed by atoms with Gasteiger partial charge < -0.3 is 10.4 Å². The van der Waals surface area contributed by atoms with Crippen LogP contribution in [0.3, 0.4) is 0 Å². The fourth-order valence-electron chi connectivity index (χ4n) is 1.82. The van der Waals surface area contributed by atoms with E-state index in [9.17, 15) is 9.59 Å². The lowest BCUT2D eigenvalue weighted by atomic mass is 9.94. The first-order chi connectivity index (χ1) is 9.90. The van der Waals surface area contributed by atoms with E-state index in [1.54, 1.807) is 26.0 Å². The van der Waals surface area contributed by atoms with E-state index in [2.05, 4.69) is 5.32 Å². The second-order valence-electron chi connectivity index (χ2n) is 5.57. The summed E-state index contributed by atoms with van der Waals surface area (Å²) in [6.45, 7) is 3.29. The van der Waals surface area contributed by atoms with Crippen molar-refractivity contribution in [3.05, 3.63) is 35.4 Å². The highest BCUT2D eigenvalue weighted by Gasteiger charge is 2.27. The van der Waals surface area contributed by atoms with Crippen molar-refractivity contribution >= 4 is 35.4 Å². The molecule has 0 bridgehead atoms. The molecule has 2 rings (SSSR count). The van der Waals surface area contributed by atoms with E-state index < -0.39 is 11.4 Å². The number of hydrogen-bond acceptors (Lipinski definition) is 4. The number of aliphatic carboxylic acids is 1. The standard InChI is InChI=1S/C15H19NO3S2/c1-15(2,14(18)19)9-16-12(17)10-3-5-11(6-4-10)13-20-7-8-21-13/h3-6,13H,7-9H2,1-2H3,(H,16,17)(H,18,19). The molecule has 0 saturated carbocycles. The molecule has 1 amide bonds. The minimum Gasteiger partial charge on any atom is -0.481 e. The summed E-state index contributed by atoms with van der Waals surface area (Å²) in [6.07, 6.45) is 0. The maximum absolute atomic E-state index is 12.0. The van der Waals surface area contributed by atoms with E-state index in [-0.39, 0.29) is 12.5 Å². The average molecular weight is 325 g/mol. The molecule has 0 radical (unpaired) electrons. The topological polar surface area (TPSA) is 66.4 Å². The van der Waals surface area contributed by atoms with Crippen LogP contribution in [0.15, 0.2) is 24.3 Å². The Balaban J connectivity index is 1.95. The fraction of sp³-hybridized carbons (Fsp3) is 0.467. The van der Waals surface area contributed by atoms with Gasteiger partial charge in [-0.2, -0.15) is 0 Å².